The molecule has 0 unspecified atom stereocenters. The number of rotatable bonds is 6. The first-order valence-corrected chi connectivity index (χ1v) is 7.09. The topological polar surface area (TPSA) is 50.8 Å². The van der Waals surface area contributed by atoms with Gasteiger partial charge in [0.05, 0.1) is 18.3 Å². The number of carbonyl (C=O) groups is 1. The maximum absolute atomic E-state index is 12.1. The summed E-state index contributed by atoms with van der Waals surface area (Å²) >= 11 is 0. The number of benzene rings is 1. The first-order chi connectivity index (χ1) is 10.2. The highest BCUT2D eigenvalue weighted by atomic mass is 16.5. The zero-order chi connectivity index (χ0) is 15.2. The molecule has 21 heavy (non-hydrogen) atoms. The van der Waals surface area contributed by atoms with Crippen LogP contribution < -0.4 is 15.0 Å². The van der Waals surface area contributed by atoms with E-state index in [0.29, 0.717) is 25.3 Å². The van der Waals surface area contributed by atoms with Gasteiger partial charge in [0.1, 0.15) is 12.4 Å². The zero-order valence-corrected chi connectivity index (χ0v) is 12.6. The molecule has 0 aromatic heterocycles. The number of nitrogens with one attached hydrogen (secondary N) is 1. The molecule has 0 saturated heterocycles. The van der Waals surface area contributed by atoms with Crippen LogP contribution in [0.3, 0.4) is 0 Å². The molecule has 0 saturated carbocycles. The van der Waals surface area contributed by atoms with Crippen LogP contribution in [-0.4, -0.2) is 45.4 Å². The summed E-state index contributed by atoms with van der Waals surface area (Å²) in [6.07, 6.45) is 1.86. The number of amides is 1. The fourth-order valence-electron chi connectivity index (χ4n) is 2.33. The summed E-state index contributed by atoms with van der Waals surface area (Å²) in [5.74, 6) is 0.704. The van der Waals surface area contributed by atoms with Gasteiger partial charge >= 0.3 is 0 Å². The van der Waals surface area contributed by atoms with E-state index < -0.39 is 0 Å². The van der Waals surface area contributed by atoms with Crippen molar-refractivity contribution < 1.29 is 14.3 Å². The Labute approximate surface area is 125 Å². The summed E-state index contributed by atoms with van der Waals surface area (Å²) < 4.78 is 10.6. The molecule has 1 atom stereocenters. The molecular weight excluding hydrogens is 268 g/mol. The van der Waals surface area contributed by atoms with Gasteiger partial charge in [0.25, 0.3) is 5.91 Å². The number of ether oxygens (including phenoxy) is 2. The van der Waals surface area contributed by atoms with E-state index in [2.05, 4.69) is 23.7 Å². The molecule has 114 valence electrons. The first kappa shape index (κ1) is 15.4. The summed E-state index contributed by atoms with van der Waals surface area (Å²) in [6, 6.07) is 5.75. The van der Waals surface area contributed by atoms with Gasteiger partial charge in [-0.25, -0.2) is 0 Å². The van der Waals surface area contributed by atoms with E-state index in [1.165, 1.54) is 0 Å². The van der Waals surface area contributed by atoms with E-state index >= 15 is 0 Å². The van der Waals surface area contributed by atoms with Crippen molar-refractivity contribution in [2.75, 3.05) is 38.3 Å². The molecule has 0 aliphatic carbocycles. The number of nitrogens with zero attached hydrogens (tertiary/aromatic N) is 1. The molecule has 5 heteroatoms. The van der Waals surface area contributed by atoms with E-state index in [1.807, 2.05) is 18.2 Å². The first-order valence-electron chi connectivity index (χ1n) is 7.09. The van der Waals surface area contributed by atoms with Crippen molar-refractivity contribution in [2.45, 2.75) is 13.0 Å². The Morgan fingerprint density at radius 3 is 3.14 bits per heavy atom. The molecule has 1 N–H and O–H groups in total. The van der Waals surface area contributed by atoms with Gasteiger partial charge < -0.3 is 19.7 Å². The molecule has 0 bridgehead atoms. The molecule has 1 aromatic rings. The summed E-state index contributed by atoms with van der Waals surface area (Å²) in [6.45, 7) is 8.25. The smallest absolute Gasteiger partial charge is 0.251 e. The summed E-state index contributed by atoms with van der Waals surface area (Å²) in [5, 5.41) is 2.82. The summed E-state index contributed by atoms with van der Waals surface area (Å²) in [5.41, 5.74) is 1.56. The second-order valence-electron chi connectivity index (χ2n) is 5.03. The second-order valence-corrected chi connectivity index (χ2v) is 5.03. The molecule has 0 radical (unpaired) electrons. The lowest BCUT2D eigenvalue weighted by Gasteiger charge is -2.36. The lowest BCUT2D eigenvalue weighted by molar-refractivity contribution is 0.0937. The zero-order valence-electron chi connectivity index (χ0n) is 12.6. The van der Waals surface area contributed by atoms with E-state index in [4.69, 9.17) is 9.47 Å². The Morgan fingerprint density at radius 1 is 1.62 bits per heavy atom. The molecule has 1 amide bonds. The maximum atomic E-state index is 12.1. The van der Waals surface area contributed by atoms with Crippen LogP contribution in [-0.2, 0) is 4.74 Å². The molecular formula is C16H22N2O3. The van der Waals surface area contributed by atoms with Gasteiger partial charge in [-0.2, -0.15) is 0 Å². The predicted molar refractivity (Wildman–Crippen MR) is 83.2 cm³/mol. The third-order valence-electron chi connectivity index (χ3n) is 3.46. The number of anilines is 1. The minimum atomic E-state index is -0.105. The highest BCUT2D eigenvalue weighted by Gasteiger charge is 2.24. The third-order valence-corrected chi connectivity index (χ3v) is 3.46. The van der Waals surface area contributed by atoms with Crippen molar-refractivity contribution in [3.63, 3.8) is 0 Å². The van der Waals surface area contributed by atoms with E-state index in [1.54, 1.807) is 13.2 Å². The Kier molecular flexibility index (Phi) is 5.22. The highest BCUT2D eigenvalue weighted by Crippen LogP contribution is 2.34. The van der Waals surface area contributed by atoms with Crippen LogP contribution in [0.1, 0.15) is 17.3 Å². The quantitative estimate of drug-likeness (QED) is 0.641. The van der Waals surface area contributed by atoms with Gasteiger partial charge in [-0.1, -0.05) is 6.08 Å². The summed E-state index contributed by atoms with van der Waals surface area (Å²) in [4.78, 5) is 14.3. The minimum Gasteiger partial charge on any atom is -0.489 e. The number of hydrogen-bond acceptors (Lipinski definition) is 4. The molecule has 0 spiro atoms. The predicted octanol–water partition coefficient (Wildman–Crippen LogP) is 1.84. The Morgan fingerprint density at radius 2 is 2.43 bits per heavy atom. The van der Waals surface area contributed by atoms with Gasteiger partial charge in [-0.15, -0.1) is 6.58 Å². The van der Waals surface area contributed by atoms with Crippen LogP contribution in [0.5, 0.6) is 5.75 Å². The van der Waals surface area contributed by atoms with E-state index in [9.17, 15) is 4.79 Å². The minimum absolute atomic E-state index is 0.105. The molecule has 1 heterocycles. The van der Waals surface area contributed by atoms with E-state index in [-0.39, 0.29) is 11.9 Å². The van der Waals surface area contributed by atoms with Crippen LogP contribution >= 0.6 is 0 Å². The average molecular weight is 290 g/mol. The Bertz CT molecular complexity index is 516. The molecule has 1 aliphatic rings. The number of fused-ring (bicyclic) bond motifs is 1. The lowest BCUT2D eigenvalue weighted by atomic mass is 10.1. The van der Waals surface area contributed by atoms with E-state index in [0.717, 1.165) is 18.0 Å². The molecule has 1 aliphatic heterocycles. The Balaban J connectivity index is 2.19. The van der Waals surface area contributed by atoms with Crippen LogP contribution in [0.15, 0.2) is 30.9 Å². The van der Waals surface area contributed by atoms with Gasteiger partial charge in [0, 0.05) is 25.8 Å². The van der Waals surface area contributed by atoms with Crippen LogP contribution in [0.2, 0.25) is 0 Å². The van der Waals surface area contributed by atoms with Crippen molar-refractivity contribution >= 4 is 11.6 Å². The van der Waals surface area contributed by atoms with Gasteiger partial charge in [-0.3, -0.25) is 4.79 Å². The fraction of sp³-hybridized carbons (Fsp3) is 0.438. The second kappa shape index (κ2) is 7.13. The number of hydrogen-bond donors (Lipinski definition) is 1. The van der Waals surface area contributed by atoms with Crippen molar-refractivity contribution in [1.82, 2.24) is 5.32 Å². The molecule has 5 nitrogen and oxygen atoms in total. The molecule has 0 fully saturated rings. The monoisotopic (exact) mass is 290 g/mol. The Hall–Kier alpha value is -2.01. The lowest BCUT2D eigenvalue weighted by Crippen LogP contribution is -2.41. The SMILES string of the molecule is C=CCN1c2cc(C(=O)NCCOC)ccc2OC[C@@H]1C. The van der Waals surface area contributed by atoms with Crippen molar-refractivity contribution in [2.24, 2.45) is 0 Å². The van der Waals surface area contributed by atoms with Crippen LogP contribution in [0.25, 0.3) is 0 Å². The van der Waals surface area contributed by atoms with Crippen molar-refractivity contribution in [3.8, 4) is 5.75 Å². The van der Waals surface area contributed by atoms with Gasteiger partial charge in [0.2, 0.25) is 0 Å². The normalized spacial score (nSPS) is 16.9. The van der Waals surface area contributed by atoms with Crippen LogP contribution in [0, 0.1) is 0 Å². The van der Waals surface area contributed by atoms with Crippen molar-refractivity contribution in [1.29, 1.82) is 0 Å². The van der Waals surface area contributed by atoms with Gasteiger partial charge in [0.15, 0.2) is 0 Å². The van der Waals surface area contributed by atoms with Gasteiger partial charge in [-0.05, 0) is 25.1 Å². The maximum Gasteiger partial charge on any atom is 0.251 e. The average Bonchev–Trinajstić information content (AvgIpc) is 2.50. The number of carbonyl (C=O) groups excluding carboxylic acids is 1. The number of methoxy groups -OCH3 is 1. The largest absolute Gasteiger partial charge is 0.489 e. The molecule has 1 aromatic carbocycles. The van der Waals surface area contributed by atoms with Crippen LogP contribution in [0.4, 0.5) is 5.69 Å². The standard InChI is InChI=1S/C16H22N2O3/c1-4-8-18-12(2)11-21-15-6-5-13(10-14(15)18)16(19)17-7-9-20-3/h4-6,10,12H,1,7-9,11H2,2-3H3,(H,17,19)/t12-/m0/s1. The molecule has 2 rings (SSSR count). The van der Waals surface area contributed by atoms with Crippen molar-refractivity contribution in [3.05, 3.63) is 36.4 Å². The third kappa shape index (κ3) is 3.55. The fourth-order valence-corrected chi connectivity index (χ4v) is 2.33. The summed E-state index contributed by atoms with van der Waals surface area (Å²) in [7, 11) is 1.61. The highest BCUT2D eigenvalue weighted by molar-refractivity contribution is 5.95.